The number of carbonyl (C=O) groups excluding carboxylic acids is 1. The predicted molar refractivity (Wildman–Crippen MR) is 160 cm³/mol. The maximum Gasteiger partial charge on any atom is 0.262 e. The second-order valence-electron chi connectivity index (χ2n) is 10.4. The molecular formula is C33H35N3O3S. The van der Waals surface area contributed by atoms with E-state index < -0.39 is 10.0 Å². The Balaban J connectivity index is 1.32. The van der Waals surface area contributed by atoms with Crippen molar-refractivity contribution in [3.05, 3.63) is 130 Å². The number of nitrogens with zero attached hydrogens (tertiary/aromatic N) is 2. The number of amides is 1. The first-order valence-corrected chi connectivity index (χ1v) is 15.1. The Hall–Kier alpha value is -3.94. The van der Waals surface area contributed by atoms with Crippen LogP contribution in [0.3, 0.4) is 0 Å². The van der Waals surface area contributed by atoms with Crippen LogP contribution in [0.1, 0.15) is 44.2 Å². The van der Waals surface area contributed by atoms with Gasteiger partial charge in [0.05, 0.1) is 10.9 Å². The lowest BCUT2D eigenvalue weighted by molar-refractivity contribution is 0.0597. The first-order valence-electron chi connectivity index (χ1n) is 13.6. The van der Waals surface area contributed by atoms with Gasteiger partial charge in [0.2, 0.25) is 0 Å². The van der Waals surface area contributed by atoms with Gasteiger partial charge in [-0.1, -0.05) is 72.8 Å². The van der Waals surface area contributed by atoms with E-state index >= 15 is 0 Å². The Morgan fingerprint density at radius 2 is 1.27 bits per heavy atom. The number of hydrogen-bond acceptors (Lipinski definition) is 4. The van der Waals surface area contributed by atoms with Gasteiger partial charge in [-0.15, -0.1) is 0 Å². The van der Waals surface area contributed by atoms with E-state index in [9.17, 15) is 13.2 Å². The van der Waals surface area contributed by atoms with E-state index in [1.807, 2.05) is 43.0 Å². The lowest BCUT2D eigenvalue weighted by atomic mass is 9.96. The van der Waals surface area contributed by atoms with E-state index in [0.717, 1.165) is 11.1 Å². The van der Waals surface area contributed by atoms with Crippen LogP contribution in [-0.2, 0) is 10.0 Å². The number of nitrogens with one attached hydrogen (secondary N) is 1. The fourth-order valence-electron chi connectivity index (χ4n) is 5.29. The Labute approximate surface area is 237 Å². The second kappa shape index (κ2) is 11.7. The average molecular weight is 554 g/mol. The molecule has 5 rings (SSSR count). The molecular weight excluding hydrogens is 518 g/mol. The van der Waals surface area contributed by atoms with Crippen molar-refractivity contribution < 1.29 is 13.2 Å². The van der Waals surface area contributed by atoms with Crippen LogP contribution in [0, 0.1) is 20.8 Å². The molecule has 4 aromatic carbocycles. The van der Waals surface area contributed by atoms with Gasteiger partial charge in [-0.05, 0) is 72.9 Å². The molecule has 1 aliphatic rings. The van der Waals surface area contributed by atoms with Crippen LogP contribution in [0.15, 0.2) is 102 Å². The highest BCUT2D eigenvalue weighted by molar-refractivity contribution is 7.92. The topological polar surface area (TPSA) is 69.7 Å². The Morgan fingerprint density at radius 1 is 0.700 bits per heavy atom. The van der Waals surface area contributed by atoms with E-state index in [0.29, 0.717) is 43.0 Å². The largest absolute Gasteiger partial charge is 0.336 e. The molecule has 1 heterocycles. The molecule has 0 radical (unpaired) electrons. The van der Waals surface area contributed by atoms with Crippen LogP contribution < -0.4 is 4.72 Å². The molecule has 0 aromatic heterocycles. The first kappa shape index (κ1) is 27.6. The molecule has 206 valence electrons. The third-order valence-electron chi connectivity index (χ3n) is 7.68. The third-order valence-corrected chi connectivity index (χ3v) is 9.20. The number of anilines is 1. The molecule has 7 heteroatoms. The second-order valence-corrected chi connectivity index (χ2v) is 12.1. The zero-order chi connectivity index (χ0) is 28.3. The molecule has 1 aliphatic heterocycles. The molecule has 0 unspecified atom stereocenters. The molecule has 4 aromatic rings. The van der Waals surface area contributed by atoms with Gasteiger partial charge in [-0.3, -0.25) is 14.4 Å². The van der Waals surface area contributed by atoms with Crippen LogP contribution >= 0.6 is 0 Å². The van der Waals surface area contributed by atoms with E-state index in [4.69, 9.17) is 0 Å². The highest BCUT2D eigenvalue weighted by Gasteiger charge is 2.29. The molecule has 0 spiro atoms. The van der Waals surface area contributed by atoms with E-state index in [2.05, 4.69) is 58.2 Å². The summed E-state index contributed by atoms with van der Waals surface area (Å²) in [6.45, 7) is 8.22. The summed E-state index contributed by atoms with van der Waals surface area (Å²) < 4.78 is 29.3. The molecule has 0 aliphatic carbocycles. The summed E-state index contributed by atoms with van der Waals surface area (Å²) >= 11 is 0. The highest BCUT2D eigenvalue weighted by Crippen LogP contribution is 2.30. The number of hydrogen-bond donors (Lipinski definition) is 1. The molecule has 1 amide bonds. The molecule has 1 N–H and O–H groups in total. The third kappa shape index (κ3) is 5.96. The van der Waals surface area contributed by atoms with Gasteiger partial charge in [-0.25, -0.2) is 8.42 Å². The van der Waals surface area contributed by atoms with Crippen LogP contribution in [0.2, 0.25) is 0 Å². The zero-order valence-corrected chi connectivity index (χ0v) is 24.0. The summed E-state index contributed by atoms with van der Waals surface area (Å²) in [4.78, 5) is 17.9. The predicted octanol–water partition coefficient (Wildman–Crippen LogP) is 5.96. The van der Waals surface area contributed by atoms with Gasteiger partial charge in [0.25, 0.3) is 15.9 Å². The summed E-state index contributed by atoms with van der Waals surface area (Å²) in [7, 11) is -3.87. The number of rotatable bonds is 7. The summed E-state index contributed by atoms with van der Waals surface area (Å²) in [5, 5.41) is 0. The van der Waals surface area contributed by atoms with E-state index in [-0.39, 0.29) is 16.8 Å². The number of carbonyl (C=O) groups is 1. The maximum absolute atomic E-state index is 13.5. The lowest BCUT2D eigenvalue weighted by Crippen LogP contribution is -2.49. The fraction of sp³-hybridized carbons (Fsp3) is 0.242. The highest BCUT2D eigenvalue weighted by atomic mass is 32.2. The minimum absolute atomic E-state index is 0.104. The van der Waals surface area contributed by atoms with Crippen LogP contribution in [-0.4, -0.2) is 50.3 Å². The summed E-state index contributed by atoms with van der Waals surface area (Å²) in [5.41, 5.74) is 6.00. The van der Waals surface area contributed by atoms with Crippen molar-refractivity contribution >= 4 is 21.6 Å². The zero-order valence-electron chi connectivity index (χ0n) is 23.2. The average Bonchev–Trinajstić information content (AvgIpc) is 2.96. The van der Waals surface area contributed by atoms with Crippen molar-refractivity contribution in [3.8, 4) is 0 Å². The fourth-order valence-corrected chi connectivity index (χ4v) is 6.61. The molecule has 1 fully saturated rings. The Bertz CT molecular complexity index is 1560. The number of piperazine rings is 1. The number of sulfonamides is 1. The maximum atomic E-state index is 13.5. The van der Waals surface area contributed by atoms with Crippen LogP contribution in [0.25, 0.3) is 0 Å². The monoisotopic (exact) mass is 553 g/mol. The normalized spacial score (nSPS) is 14.3. The summed E-state index contributed by atoms with van der Waals surface area (Å²) in [6, 6.07) is 31.4. The quantitative estimate of drug-likeness (QED) is 0.307. The van der Waals surface area contributed by atoms with Crippen LogP contribution in [0.4, 0.5) is 5.69 Å². The van der Waals surface area contributed by atoms with E-state index in [1.165, 1.54) is 17.2 Å². The van der Waals surface area contributed by atoms with Gasteiger partial charge < -0.3 is 4.90 Å². The Kier molecular flexibility index (Phi) is 8.05. The molecule has 6 nitrogen and oxygen atoms in total. The van der Waals surface area contributed by atoms with E-state index in [1.54, 1.807) is 25.1 Å². The number of aryl methyl sites for hydroxylation is 3. The van der Waals surface area contributed by atoms with Gasteiger partial charge >= 0.3 is 0 Å². The minimum atomic E-state index is -3.87. The van der Waals surface area contributed by atoms with Crippen molar-refractivity contribution in [1.29, 1.82) is 0 Å². The Morgan fingerprint density at radius 3 is 1.85 bits per heavy atom. The van der Waals surface area contributed by atoms with Gasteiger partial charge in [0.1, 0.15) is 0 Å². The SMILES string of the molecule is Cc1ccc(NS(=O)(=O)c2cc(C(=O)N3CCN(C(c4ccccc4)c4ccccc4)CC3)ccc2C)cc1C. The smallest absolute Gasteiger partial charge is 0.262 e. The summed E-state index contributed by atoms with van der Waals surface area (Å²) in [5.74, 6) is -0.154. The molecule has 0 bridgehead atoms. The van der Waals surface area contributed by atoms with Crippen molar-refractivity contribution in [2.75, 3.05) is 30.9 Å². The van der Waals surface area contributed by atoms with Gasteiger partial charge in [0, 0.05) is 37.4 Å². The van der Waals surface area contributed by atoms with Crippen molar-refractivity contribution in [2.45, 2.75) is 31.7 Å². The molecule has 40 heavy (non-hydrogen) atoms. The summed E-state index contributed by atoms with van der Waals surface area (Å²) in [6.07, 6.45) is 0. The number of benzene rings is 4. The molecule has 0 saturated carbocycles. The van der Waals surface area contributed by atoms with Crippen molar-refractivity contribution in [3.63, 3.8) is 0 Å². The first-order chi connectivity index (χ1) is 19.2. The molecule has 1 saturated heterocycles. The van der Waals surface area contributed by atoms with Crippen molar-refractivity contribution in [1.82, 2.24) is 9.80 Å². The van der Waals surface area contributed by atoms with Gasteiger partial charge in [0.15, 0.2) is 0 Å². The van der Waals surface area contributed by atoms with Gasteiger partial charge in [-0.2, -0.15) is 0 Å². The standard InChI is InChI=1S/C33H35N3O3S/c1-24-15-17-30(22-26(24)3)34-40(38,39)31-23-29(16-14-25(31)2)33(37)36-20-18-35(19-21-36)32(27-10-6-4-7-11-27)28-12-8-5-9-13-28/h4-17,22-23,32,34H,18-21H2,1-3H3. The molecule has 0 atom stereocenters. The lowest BCUT2D eigenvalue weighted by Gasteiger charge is -2.40. The van der Waals surface area contributed by atoms with Crippen LogP contribution in [0.5, 0.6) is 0 Å². The van der Waals surface area contributed by atoms with Crippen molar-refractivity contribution in [2.24, 2.45) is 0 Å². The minimum Gasteiger partial charge on any atom is -0.336 e.